The first-order valence-electron chi connectivity index (χ1n) is 19.0. The molecule has 0 amide bonds. The molecular formula is C53H33NS. The lowest BCUT2D eigenvalue weighted by atomic mass is 9.61. The summed E-state index contributed by atoms with van der Waals surface area (Å²) in [6.07, 6.45) is 0. The van der Waals surface area contributed by atoms with Crippen LogP contribution in [0.5, 0.6) is 0 Å². The summed E-state index contributed by atoms with van der Waals surface area (Å²) >= 11 is 1.86. The third-order valence-corrected chi connectivity index (χ3v) is 13.2. The summed E-state index contributed by atoms with van der Waals surface area (Å²) in [5.74, 6) is 0. The van der Waals surface area contributed by atoms with Gasteiger partial charge in [-0.05, 0) is 115 Å². The summed E-state index contributed by atoms with van der Waals surface area (Å²) in [4.78, 5) is 2.45. The van der Waals surface area contributed by atoms with Gasteiger partial charge in [-0.3, -0.25) is 0 Å². The van der Waals surface area contributed by atoms with E-state index in [-0.39, 0.29) is 0 Å². The number of rotatable bonds is 4. The van der Waals surface area contributed by atoms with Gasteiger partial charge in [-0.2, -0.15) is 0 Å². The second kappa shape index (κ2) is 11.6. The Morgan fingerprint density at radius 3 is 1.89 bits per heavy atom. The Morgan fingerprint density at radius 1 is 0.364 bits per heavy atom. The van der Waals surface area contributed by atoms with Gasteiger partial charge in [-0.15, -0.1) is 11.3 Å². The smallest absolute Gasteiger partial charge is 0.0726 e. The highest BCUT2D eigenvalue weighted by molar-refractivity contribution is 7.25. The van der Waals surface area contributed by atoms with Crippen molar-refractivity contribution in [3.63, 3.8) is 0 Å². The zero-order valence-corrected chi connectivity index (χ0v) is 30.7. The number of thiophene rings is 1. The van der Waals surface area contributed by atoms with Crippen molar-refractivity contribution in [1.29, 1.82) is 0 Å². The van der Waals surface area contributed by atoms with E-state index in [1.165, 1.54) is 86.6 Å². The summed E-state index contributed by atoms with van der Waals surface area (Å²) in [5, 5.41) is 5.21. The van der Waals surface area contributed by atoms with Crippen LogP contribution < -0.4 is 4.90 Å². The van der Waals surface area contributed by atoms with Gasteiger partial charge in [0.1, 0.15) is 0 Å². The molecule has 0 saturated carbocycles. The Balaban J connectivity index is 1.20. The lowest BCUT2D eigenvalue weighted by Crippen LogP contribution is -2.32. The van der Waals surface area contributed by atoms with Crippen molar-refractivity contribution >= 4 is 59.3 Å². The van der Waals surface area contributed by atoms with Crippen LogP contribution in [0, 0.1) is 0 Å². The molecule has 1 unspecified atom stereocenters. The second-order valence-corrected chi connectivity index (χ2v) is 15.9. The molecule has 1 aromatic heterocycles. The van der Waals surface area contributed by atoms with Crippen LogP contribution in [0.25, 0.3) is 64.3 Å². The monoisotopic (exact) mass is 715 g/mol. The van der Waals surface area contributed by atoms with Gasteiger partial charge in [-0.25, -0.2) is 0 Å². The maximum absolute atomic E-state index is 2.51. The lowest BCUT2D eigenvalue weighted by molar-refractivity contribution is 0.773. The number of nitrogens with zero attached hydrogens (tertiary/aromatic N) is 1. The Bertz CT molecular complexity index is 3150. The van der Waals surface area contributed by atoms with Gasteiger partial charge >= 0.3 is 0 Å². The number of hydrogen-bond acceptors (Lipinski definition) is 2. The molecule has 0 aliphatic heterocycles. The average molecular weight is 716 g/mol. The van der Waals surface area contributed by atoms with Crippen LogP contribution in [0.3, 0.4) is 0 Å². The lowest BCUT2D eigenvalue weighted by Gasteiger charge is -2.40. The fourth-order valence-electron chi connectivity index (χ4n) is 9.88. The van der Waals surface area contributed by atoms with Crippen LogP contribution in [0.4, 0.5) is 17.1 Å². The van der Waals surface area contributed by atoms with E-state index in [4.69, 9.17) is 0 Å². The van der Waals surface area contributed by atoms with E-state index in [1.807, 2.05) is 11.3 Å². The van der Waals surface area contributed by atoms with Gasteiger partial charge in [0.05, 0.1) is 5.41 Å². The molecule has 0 N–H and O–H groups in total. The van der Waals surface area contributed by atoms with Crippen LogP contribution in [0.2, 0.25) is 0 Å². The van der Waals surface area contributed by atoms with Gasteiger partial charge in [0.2, 0.25) is 0 Å². The molecule has 1 heterocycles. The molecule has 0 radical (unpaired) electrons. The standard InChI is InChI=1S/C53H33NS/c1-3-14-34(15-4-1)39-22-13-26-47-52(39)43-30-28-38(54(36-18-5-2-6-19-36)37-29-31-50-44(32-37)41-21-8-10-27-49(41)55-50)33-48(43)53(47)45-24-9-7-20-40(45)42-23-11-16-35-17-12-25-46(53)51(35)42/h1-33H. The zero-order valence-electron chi connectivity index (χ0n) is 29.9. The highest BCUT2D eigenvalue weighted by Crippen LogP contribution is 2.63. The Morgan fingerprint density at radius 2 is 1.00 bits per heavy atom. The number of anilines is 3. The summed E-state index contributed by atoms with van der Waals surface area (Å²) in [6, 6.07) is 74.7. The zero-order chi connectivity index (χ0) is 36.1. The van der Waals surface area contributed by atoms with Crippen molar-refractivity contribution < 1.29 is 0 Å². The SMILES string of the molecule is c1ccc(-c2cccc3c2-c2ccc(N(c4ccccc4)c4ccc5sc6ccccc6c5c4)cc2C32c3ccccc3-c3cccc4cccc2c34)cc1. The van der Waals surface area contributed by atoms with Gasteiger partial charge in [0.25, 0.3) is 0 Å². The minimum Gasteiger partial charge on any atom is -0.310 e. The van der Waals surface area contributed by atoms with Crippen molar-refractivity contribution in [2.45, 2.75) is 5.41 Å². The van der Waals surface area contributed by atoms with Crippen molar-refractivity contribution in [2.24, 2.45) is 0 Å². The van der Waals surface area contributed by atoms with Gasteiger partial charge in [-0.1, -0.05) is 152 Å². The Hall–Kier alpha value is -6.74. The first-order chi connectivity index (χ1) is 27.3. The summed E-state index contributed by atoms with van der Waals surface area (Å²) < 4.78 is 2.62. The maximum Gasteiger partial charge on any atom is 0.0726 e. The minimum atomic E-state index is -0.536. The van der Waals surface area contributed by atoms with Gasteiger partial charge in [0, 0.05) is 37.2 Å². The Kier molecular flexibility index (Phi) is 6.49. The minimum absolute atomic E-state index is 0.536. The highest BCUT2D eigenvalue weighted by atomic mass is 32.1. The largest absolute Gasteiger partial charge is 0.310 e. The number of fused-ring (bicyclic) bond motifs is 12. The van der Waals surface area contributed by atoms with E-state index in [0.717, 1.165) is 17.1 Å². The quantitative estimate of drug-likeness (QED) is 0.175. The molecule has 0 saturated heterocycles. The van der Waals surface area contributed by atoms with E-state index in [9.17, 15) is 0 Å². The van der Waals surface area contributed by atoms with Gasteiger partial charge in [0.15, 0.2) is 0 Å². The van der Waals surface area contributed by atoms with Crippen LogP contribution in [-0.2, 0) is 5.41 Å². The second-order valence-electron chi connectivity index (χ2n) is 14.8. The number of benzene rings is 9. The molecule has 0 fully saturated rings. The van der Waals surface area contributed by atoms with E-state index in [1.54, 1.807) is 0 Å². The number of hydrogen-bond donors (Lipinski definition) is 0. The third kappa shape index (κ3) is 4.23. The van der Waals surface area contributed by atoms with E-state index in [0.29, 0.717) is 0 Å². The van der Waals surface area contributed by atoms with Crippen molar-refractivity contribution in [2.75, 3.05) is 4.90 Å². The van der Waals surface area contributed by atoms with Crippen molar-refractivity contribution in [3.8, 4) is 33.4 Å². The molecular weight excluding hydrogens is 683 g/mol. The van der Waals surface area contributed by atoms with Crippen LogP contribution >= 0.6 is 11.3 Å². The molecule has 1 spiro atoms. The molecule has 256 valence electrons. The molecule has 1 nitrogen and oxygen atoms in total. The van der Waals surface area contributed by atoms with E-state index >= 15 is 0 Å². The highest BCUT2D eigenvalue weighted by Gasteiger charge is 2.51. The molecule has 9 aromatic carbocycles. The predicted molar refractivity (Wildman–Crippen MR) is 233 cm³/mol. The molecule has 2 aliphatic rings. The third-order valence-electron chi connectivity index (χ3n) is 12.1. The molecule has 55 heavy (non-hydrogen) atoms. The normalized spacial score (nSPS) is 15.0. The predicted octanol–water partition coefficient (Wildman–Crippen LogP) is 14.7. The number of para-hydroxylation sites is 1. The summed E-state index contributed by atoms with van der Waals surface area (Å²) in [6.45, 7) is 0. The fraction of sp³-hybridized carbons (Fsp3) is 0.0189. The molecule has 10 aromatic rings. The van der Waals surface area contributed by atoms with Crippen molar-refractivity contribution in [1.82, 2.24) is 0 Å². The first kappa shape index (κ1) is 30.7. The van der Waals surface area contributed by atoms with Crippen molar-refractivity contribution in [3.05, 3.63) is 222 Å². The fourth-order valence-corrected chi connectivity index (χ4v) is 11.0. The first-order valence-corrected chi connectivity index (χ1v) is 19.8. The van der Waals surface area contributed by atoms with E-state index in [2.05, 4.69) is 205 Å². The molecule has 0 bridgehead atoms. The van der Waals surface area contributed by atoms with Crippen LogP contribution in [0.15, 0.2) is 200 Å². The molecule has 2 aliphatic carbocycles. The van der Waals surface area contributed by atoms with Crippen LogP contribution in [-0.4, -0.2) is 0 Å². The van der Waals surface area contributed by atoms with Crippen LogP contribution in [0.1, 0.15) is 22.3 Å². The topological polar surface area (TPSA) is 3.24 Å². The molecule has 1 atom stereocenters. The van der Waals surface area contributed by atoms with Gasteiger partial charge < -0.3 is 4.90 Å². The maximum atomic E-state index is 2.51. The molecule has 2 heteroatoms. The summed E-state index contributed by atoms with van der Waals surface area (Å²) in [7, 11) is 0. The molecule has 12 rings (SSSR count). The average Bonchev–Trinajstić information content (AvgIpc) is 3.77. The summed E-state index contributed by atoms with van der Waals surface area (Å²) in [5.41, 5.74) is 15.9. The Labute approximate surface area is 324 Å². The van der Waals surface area contributed by atoms with E-state index < -0.39 is 5.41 Å².